The molecule has 0 fully saturated rings. The molecular formula is C14H15O5P. The molecule has 0 aromatic heterocycles. The van der Waals surface area contributed by atoms with Crippen LogP contribution in [0, 0.1) is 0 Å². The van der Waals surface area contributed by atoms with Crippen LogP contribution in [0.25, 0.3) is 0 Å². The minimum Gasteiger partial charge on any atom is -0.418 e. The van der Waals surface area contributed by atoms with E-state index in [1.165, 1.54) is 0 Å². The van der Waals surface area contributed by atoms with Gasteiger partial charge in [-0.05, 0) is 35.4 Å². The Labute approximate surface area is 117 Å². The summed E-state index contributed by atoms with van der Waals surface area (Å²) >= 11 is 0. The van der Waals surface area contributed by atoms with Gasteiger partial charge in [0.05, 0.1) is 13.2 Å². The zero-order chi connectivity index (χ0) is 14.4. The highest BCUT2D eigenvalue weighted by atomic mass is 31.1. The fraction of sp³-hybridized carbons (Fsp3) is 0.143. The van der Waals surface area contributed by atoms with Gasteiger partial charge >= 0.3 is 8.25 Å². The van der Waals surface area contributed by atoms with E-state index >= 15 is 0 Å². The molecule has 0 heterocycles. The van der Waals surface area contributed by atoms with Crippen LogP contribution < -0.4 is 9.05 Å². The molecule has 2 aromatic rings. The molecule has 0 bridgehead atoms. The molecule has 0 unspecified atom stereocenters. The van der Waals surface area contributed by atoms with Gasteiger partial charge in [-0.2, -0.15) is 0 Å². The second-order valence-electron chi connectivity index (χ2n) is 4.06. The Morgan fingerprint density at radius 1 is 0.750 bits per heavy atom. The molecular weight excluding hydrogens is 279 g/mol. The smallest absolute Gasteiger partial charge is 0.418 e. The number of benzene rings is 2. The molecule has 2 aromatic carbocycles. The van der Waals surface area contributed by atoms with Crippen molar-refractivity contribution >= 4 is 8.25 Å². The average molecular weight is 294 g/mol. The number of aliphatic hydroxyl groups excluding tert-OH is 2. The Hall–Kier alpha value is -1.81. The molecule has 0 aliphatic carbocycles. The molecule has 0 saturated heterocycles. The van der Waals surface area contributed by atoms with Gasteiger partial charge in [-0.25, -0.2) is 4.57 Å². The third-order valence-electron chi connectivity index (χ3n) is 2.61. The number of hydrogen-bond donors (Lipinski definition) is 2. The quantitative estimate of drug-likeness (QED) is 0.801. The summed E-state index contributed by atoms with van der Waals surface area (Å²) in [6, 6.07) is 13.2. The Morgan fingerprint density at radius 3 is 1.40 bits per heavy atom. The molecule has 2 rings (SSSR count). The van der Waals surface area contributed by atoms with E-state index in [4.69, 9.17) is 19.3 Å². The molecule has 0 amide bonds. The zero-order valence-corrected chi connectivity index (χ0v) is 11.7. The highest BCUT2D eigenvalue weighted by Gasteiger charge is 2.04. The lowest BCUT2D eigenvalue weighted by Gasteiger charge is -2.08. The Bertz CT molecular complexity index is 514. The van der Waals surface area contributed by atoms with Gasteiger partial charge in [-0.1, -0.05) is 24.3 Å². The topological polar surface area (TPSA) is 76.0 Å². The maximum absolute atomic E-state index is 11.7. The first kappa shape index (κ1) is 14.6. The second kappa shape index (κ2) is 7.10. The molecule has 20 heavy (non-hydrogen) atoms. The molecule has 0 spiro atoms. The van der Waals surface area contributed by atoms with Crippen molar-refractivity contribution in [3.8, 4) is 11.5 Å². The van der Waals surface area contributed by atoms with Gasteiger partial charge in [0.2, 0.25) is 0 Å². The first-order valence-electron chi connectivity index (χ1n) is 6.00. The van der Waals surface area contributed by atoms with Crippen LogP contribution in [-0.2, 0) is 17.8 Å². The van der Waals surface area contributed by atoms with E-state index in [2.05, 4.69) is 0 Å². The van der Waals surface area contributed by atoms with Crippen LogP contribution in [0.15, 0.2) is 48.5 Å². The van der Waals surface area contributed by atoms with E-state index in [-0.39, 0.29) is 13.2 Å². The average Bonchev–Trinajstić information content (AvgIpc) is 2.49. The Balaban J connectivity index is 1.93. The fourth-order valence-corrected chi connectivity index (χ4v) is 2.24. The van der Waals surface area contributed by atoms with E-state index < -0.39 is 8.25 Å². The predicted molar refractivity (Wildman–Crippen MR) is 75.0 cm³/mol. The molecule has 2 N–H and O–H groups in total. The van der Waals surface area contributed by atoms with Crippen molar-refractivity contribution in [1.82, 2.24) is 0 Å². The van der Waals surface area contributed by atoms with Crippen molar-refractivity contribution in [3.05, 3.63) is 59.7 Å². The van der Waals surface area contributed by atoms with Crippen LogP contribution in [0.2, 0.25) is 0 Å². The Morgan fingerprint density at radius 2 is 1.10 bits per heavy atom. The number of rotatable bonds is 6. The Kier molecular flexibility index (Phi) is 5.18. The summed E-state index contributed by atoms with van der Waals surface area (Å²) in [5.41, 5.74) is 1.50. The van der Waals surface area contributed by atoms with Gasteiger partial charge in [0.15, 0.2) is 0 Å². The van der Waals surface area contributed by atoms with Crippen LogP contribution >= 0.6 is 8.25 Å². The third kappa shape index (κ3) is 4.10. The lowest BCUT2D eigenvalue weighted by atomic mass is 10.2. The van der Waals surface area contributed by atoms with Crippen LogP contribution in [0.1, 0.15) is 11.1 Å². The lowest BCUT2D eigenvalue weighted by molar-refractivity contribution is 0.281. The van der Waals surface area contributed by atoms with E-state index in [9.17, 15) is 4.57 Å². The van der Waals surface area contributed by atoms with Gasteiger partial charge in [0.1, 0.15) is 11.5 Å². The number of aliphatic hydroxyl groups is 2. The van der Waals surface area contributed by atoms with Crippen molar-refractivity contribution in [2.75, 3.05) is 0 Å². The van der Waals surface area contributed by atoms with Gasteiger partial charge in [-0.3, -0.25) is 0 Å². The fourth-order valence-electron chi connectivity index (χ4n) is 1.54. The molecule has 0 saturated carbocycles. The summed E-state index contributed by atoms with van der Waals surface area (Å²) < 4.78 is 22.1. The first-order chi connectivity index (χ1) is 9.71. The summed E-state index contributed by atoms with van der Waals surface area (Å²) in [4.78, 5) is 0. The third-order valence-corrected chi connectivity index (χ3v) is 3.42. The molecule has 0 aliphatic rings. The summed E-state index contributed by atoms with van der Waals surface area (Å²) in [5.74, 6) is 0.830. The summed E-state index contributed by atoms with van der Waals surface area (Å²) in [7, 11) is -2.71. The molecule has 6 heteroatoms. The van der Waals surface area contributed by atoms with Crippen molar-refractivity contribution < 1.29 is 23.8 Å². The zero-order valence-electron chi connectivity index (χ0n) is 10.7. The normalized spacial score (nSPS) is 10.6. The van der Waals surface area contributed by atoms with Crippen LogP contribution in [0.3, 0.4) is 0 Å². The van der Waals surface area contributed by atoms with E-state index in [0.717, 1.165) is 11.1 Å². The predicted octanol–water partition coefficient (Wildman–Crippen LogP) is 2.52. The summed E-state index contributed by atoms with van der Waals surface area (Å²) in [6.07, 6.45) is 0. The molecule has 0 radical (unpaired) electrons. The van der Waals surface area contributed by atoms with Gasteiger partial charge < -0.3 is 19.3 Å². The summed E-state index contributed by atoms with van der Waals surface area (Å²) in [5, 5.41) is 17.8. The van der Waals surface area contributed by atoms with Crippen molar-refractivity contribution in [1.29, 1.82) is 0 Å². The largest absolute Gasteiger partial charge is 0.418 e. The molecule has 0 atom stereocenters. The second-order valence-corrected chi connectivity index (χ2v) is 4.97. The first-order valence-corrected chi connectivity index (χ1v) is 7.23. The molecule has 0 aliphatic heterocycles. The highest BCUT2D eigenvalue weighted by molar-refractivity contribution is 7.34. The van der Waals surface area contributed by atoms with Crippen molar-refractivity contribution in [2.45, 2.75) is 13.2 Å². The minimum absolute atomic E-state index is 0.0524. The van der Waals surface area contributed by atoms with Crippen molar-refractivity contribution in [3.63, 3.8) is 0 Å². The number of hydrogen-bond acceptors (Lipinski definition) is 5. The maximum Gasteiger partial charge on any atom is 0.418 e. The van der Waals surface area contributed by atoms with Crippen LogP contribution in [0.4, 0.5) is 0 Å². The SMILES string of the molecule is O=[PH](Oc1ccc(CO)cc1)Oc1ccc(CO)cc1. The highest BCUT2D eigenvalue weighted by Crippen LogP contribution is 2.30. The maximum atomic E-state index is 11.7. The van der Waals surface area contributed by atoms with Crippen LogP contribution in [0.5, 0.6) is 11.5 Å². The van der Waals surface area contributed by atoms with Crippen molar-refractivity contribution in [2.24, 2.45) is 0 Å². The lowest BCUT2D eigenvalue weighted by Crippen LogP contribution is -1.90. The van der Waals surface area contributed by atoms with E-state index in [1.807, 2.05) is 0 Å². The van der Waals surface area contributed by atoms with Gasteiger partial charge in [0, 0.05) is 0 Å². The van der Waals surface area contributed by atoms with Gasteiger partial charge in [0.25, 0.3) is 0 Å². The van der Waals surface area contributed by atoms with E-state index in [0.29, 0.717) is 11.5 Å². The van der Waals surface area contributed by atoms with Gasteiger partial charge in [-0.15, -0.1) is 0 Å². The molecule has 5 nitrogen and oxygen atoms in total. The summed E-state index contributed by atoms with van der Waals surface area (Å²) in [6.45, 7) is -0.105. The monoisotopic (exact) mass is 294 g/mol. The van der Waals surface area contributed by atoms with Crippen LogP contribution in [-0.4, -0.2) is 10.2 Å². The molecule has 106 valence electrons. The standard InChI is InChI=1S/C14H15O5P/c15-9-11-1-5-13(6-2-11)18-20(17)19-14-7-3-12(10-16)4-8-14/h1-8,15-16,20H,9-10H2. The van der Waals surface area contributed by atoms with E-state index in [1.54, 1.807) is 48.5 Å². The minimum atomic E-state index is -2.71.